The van der Waals surface area contributed by atoms with Gasteiger partial charge in [0.25, 0.3) is 5.91 Å². The molecule has 5 nitrogen and oxygen atoms in total. The minimum Gasteiger partial charge on any atom is -0.502 e. The Kier molecular flexibility index (Phi) is 5.20. The molecule has 2 heterocycles. The summed E-state index contributed by atoms with van der Waals surface area (Å²) in [4.78, 5) is 18.1. The first-order chi connectivity index (χ1) is 10.1. The monoisotopic (exact) mass is 289 g/mol. The Morgan fingerprint density at radius 3 is 2.76 bits per heavy atom. The van der Waals surface area contributed by atoms with Crippen molar-refractivity contribution in [2.45, 2.75) is 51.7 Å². The molecule has 0 saturated carbocycles. The van der Waals surface area contributed by atoms with Gasteiger partial charge in [-0.15, -0.1) is 0 Å². The number of carbonyl (C=O) groups excluding carboxylic acids is 1. The number of nitrogens with one attached hydrogen (secondary N) is 1. The van der Waals surface area contributed by atoms with Gasteiger partial charge in [-0.2, -0.15) is 0 Å². The van der Waals surface area contributed by atoms with Crippen LogP contribution in [0.2, 0.25) is 0 Å². The standard InChI is InChI=1S/C16H23N3O2/c1-3-4-5-6-12(2)19-15(13-7-9-17-10-8-13)18-11-14(20)16(19)21/h7-12,15,18,20H,3-6H2,1-2H3. The van der Waals surface area contributed by atoms with Crippen molar-refractivity contribution in [2.24, 2.45) is 0 Å². The van der Waals surface area contributed by atoms with Crippen LogP contribution in [0.15, 0.2) is 36.5 Å². The number of hydrogen-bond donors (Lipinski definition) is 2. The van der Waals surface area contributed by atoms with Gasteiger partial charge >= 0.3 is 0 Å². The summed E-state index contributed by atoms with van der Waals surface area (Å²) in [6.07, 6.45) is 8.85. The van der Waals surface area contributed by atoms with E-state index in [0.717, 1.165) is 31.2 Å². The highest BCUT2D eigenvalue weighted by atomic mass is 16.3. The highest BCUT2D eigenvalue weighted by molar-refractivity contribution is 5.92. The Morgan fingerprint density at radius 1 is 1.38 bits per heavy atom. The molecular weight excluding hydrogens is 266 g/mol. The van der Waals surface area contributed by atoms with Crippen LogP contribution in [0.25, 0.3) is 0 Å². The van der Waals surface area contributed by atoms with Crippen molar-refractivity contribution in [2.75, 3.05) is 0 Å². The fourth-order valence-corrected chi connectivity index (χ4v) is 2.64. The minimum absolute atomic E-state index is 0.0607. The molecule has 1 amide bonds. The van der Waals surface area contributed by atoms with Gasteiger partial charge in [-0.25, -0.2) is 0 Å². The van der Waals surface area contributed by atoms with Crippen molar-refractivity contribution in [3.8, 4) is 0 Å². The number of carbonyl (C=O) groups is 1. The van der Waals surface area contributed by atoms with Gasteiger partial charge in [-0.1, -0.05) is 26.2 Å². The number of nitrogens with zero attached hydrogens (tertiary/aromatic N) is 2. The number of aromatic nitrogens is 1. The summed E-state index contributed by atoms with van der Waals surface area (Å²) in [5.41, 5.74) is 0.962. The first-order valence-electron chi connectivity index (χ1n) is 7.53. The number of amides is 1. The van der Waals surface area contributed by atoms with E-state index >= 15 is 0 Å². The van der Waals surface area contributed by atoms with Crippen LogP contribution in [0, 0.1) is 0 Å². The molecule has 2 atom stereocenters. The zero-order valence-electron chi connectivity index (χ0n) is 12.6. The number of unbranched alkanes of at least 4 members (excludes halogenated alkanes) is 2. The Labute approximate surface area is 125 Å². The first-order valence-corrected chi connectivity index (χ1v) is 7.53. The maximum absolute atomic E-state index is 12.3. The molecule has 1 aliphatic rings. The summed E-state index contributed by atoms with van der Waals surface area (Å²) in [6, 6.07) is 3.82. The van der Waals surface area contributed by atoms with Gasteiger partial charge in [0, 0.05) is 24.6 Å². The van der Waals surface area contributed by atoms with Crippen molar-refractivity contribution in [1.29, 1.82) is 0 Å². The molecule has 1 aromatic rings. The molecule has 2 unspecified atom stereocenters. The lowest BCUT2D eigenvalue weighted by Crippen LogP contribution is -2.49. The van der Waals surface area contributed by atoms with Gasteiger partial charge in [-0.3, -0.25) is 9.78 Å². The molecule has 5 heteroatoms. The zero-order chi connectivity index (χ0) is 15.2. The van der Waals surface area contributed by atoms with Gasteiger partial charge in [-0.05, 0) is 31.0 Å². The molecule has 2 rings (SSSR count). The molecule has 1 aromatic heterocycles. The van der Waals surface area contributed by atoms with Crippen LogP contribution in [0.3, 0.4) is 0 Å². The van der Waals surface area contributed by atoms with E-state index in [0.29, 0.717) is 0 Å². The lowest BCUT2D eigenvalue weighted by Gasteiger charge is -2.39. The molecule has 0 fully saturated rings. The van der Waals surface area contributed by atoms with Crippen LogP contribution < -0.4 is 5.32 Å². The van der Waals surface area contributed by atoms with Crippen LogP contribution in [0.1, 0.15) is 51.3 Å². The molecule has 2 N–H and O–H groups in total. The van der Waals surface area contributed by atoms with Crippen LogP contribution in [0.5, 0.6) is 0 Å². The van der Waals surface area contributed by atoms with Gasteiger partial charge in [0.15, 0.2) is 5.76 Å². The van der Waals surface area contributed by atoms with Gasteiger partial charge in [0.1, 0.15) is 6.17 Å². The van der Waals surface area contributed by atoms with E-state index in [2.05, 4.69) is 17.2 Å². The fourth-order valence-electron chi connectivity index (χ4n) is 2.64. The van der Waals surface area contributed by atoms with Gasteiger partial charge in [0.2, 0.25) is 0 Å². The predicted molar refractivity (Wildman–Crippen MR) is 81.3 cm³/mol. The third kappa shape index (κ3) is 3.54. The molecule has 0 aliphatic carbocycles. The summed E-state index contributed by atoms with van der Waals surface area (Å²) in [5.74, 6) is -0.554. The van der Waals surface area contributed by atoms with Crippen LogP contribution in [0.4, 0.5) is 0 Å². The molecule has 0 aromatic carbocycles. The van der Waals surface area contributed by atoms with Crippen LogP contribution in [-0.4, -0.2) is 26.9 Å². The number of pyridine rings is 1. The minimum atomic E-state index is -0.320. The average molecular weight is 289 g/mol. The number of hydrogen-bond acceptors (Lipinski definition) is 4. The normalized spacial score (nSPS) is 19.9. The molecule has 0 bridgehead atoms. The van der Waals surface area contributed by atoms with Crippen molar-refractivity contribution in [1.82, 2.24) is 15.2 Å². The summed E-state index contributed by atoms with van der Waals surface area (Å²) in [6.45, 7) is 4.19. The highest BCUT2D eigenvalue weighted by Gasteiger charge is 2.33. The first kappa shape index (κ1) is 15.4. The fraction of sp³-hybridized carbons (Fsp3) is 0.500. The second kappa shape index (κ2) is 7.11. The molecule has 0 saturated heterocycles. The third-order valence-corrected chi connectivity index (χ3v) is 3.83. The Bertz CT molecular complexity index is 502. The summed E-state index contributed by atoms with van der Waals surface area (Å²) >= 11 is 0. The van der Waals surface area contributed by atoms with Crippen molar-refractivity contribution in [3.63, 3.8) is 0 Å². The highest BCUT2D eigenvalue weighted by Crippen LogP contribution is 2.27. The third-order valence-electron chi connectivity index (χ3n) is 3.83. The second-order valence-corrected chi connectivity index (χ2v) is 5.44. The maximum atomic E-state index is 12.3. The van der Waals surface area contributed by atoms with E-state index < -0.39 is 0 Å². The van der Waals surface area contributed by atoms with E-state index in [1.165, 1.54) is 6.20 Å². The second-order valence-electron chi connectivity index (χ2n) is 5.44. The predicted octanol–water partition coefficient (Wildman–Crippen LogP) is 2.88. The maximum Gasteiger partial charge on any atom is 0.292 e. The Morgan fingerprint density at radius 2 is 2.10 bits per heavy atom. The average Bonchev–Trinajstić information content (AvgIpc) is 2.50. The lowest BCUT2D eigenvalue weighted by molar-refractivity contribution is -0.137. The van der Waals surface area contributed by atoms with E-state index in [1.54, 1.807) is 17.3 Å². The molecule has 114 valence electrons. The smallest absolute Gasteiger partial charge is 0.292 e. The van der Waals surface area contributed by atoms with E-state index in [4.69, 9.17) is 0 Å². The quantitative estimate of drug-likeness (QED) is 0.790. The molecule has 1 aliphatic heterocycles. The molecule has 0 radical (unpaired) electrons. The summed E-state index contributed by atoms with van der Waals surface area (Å²) in [7, 11) is 0. The molecule has 21 heavy (non-hydrogen) atoms. The Hall–Kier alpha value is -2.04. The number of aliphatic hydroxyl groups excluding tert-OH is 1. The van der Waals surface area contributed by atoms with Crippen molar-refractivity contribution < 1.29 is 9.90 Å². The molecule has 0 spiro atoms. The van der Waals surface area contributed by atoms with Crippen molar-refractivity contribution in [3.05, 3.63) is 42.0 Å². The Balaban J connectivity index is 2.19. The number of aliphatic hydroxyl groups is 1. The van der Waals surface area contributed by atoms with E-state index in [1.807, 2.05) is 19.1 Å². The summed E-state index contributed by atoms with van der Waals surface area (Å²) < 4.78 is 0. The number of rotatable bonds is 6. The summed E-state index contributed by atoms with van der Waals surface area (Å²) in [5, 5.41) is 12.8. The SMILES string of the molecule is CCCCCC(C)N1C(=O)C(O)=CNC1c1ccncc1. The van der Waals surface area contributed by atoms with Crippen molar-refractivity contribution >= 4 is 5.91 Å². The van der Waals surface area contributed by atoms with Gasteiger partial charge < -0.3 is 15.3 Å². The van der Waals surface area contributed by atoms with E-state index in [9.17, 15) is 9.90 Å². The zero-order valence-corrected chi connectivity index (χ0v) is 12.6. The van der Waals surface area contributed by atoms with Crippen LogP contribution >= 0.6 is 0 Å². The van der Waals surface area contributed by atoms with Gasteiger partial charge in [0.05, 0.1) is 0 Å². The topological polar surface area (TPSA) is 65.5 Å². The lowest BCUT2D eigenvalue weighted by atomic mass is 10.0. The largest absolute Gasteiger partial charge is 0.502 e. The van der Waals surface area contributed by atoms with E-state index in [-0.39, 0.29) is 23.9 Å². The molecular formula is C16H23N3O2. The van der Waals surface area contributed by atoms with Crippen LogP contribution in [-0.2, 0) is 4.79 Å².